The van der Waals surface area contributed by atoms with Crippen molar-refractivity contribution in [1.82, 2.24) is 9.80 Å². The second kappa shape index (κ2) is 8.06. The number of amides is 1. The van der Waals surface area contributed by atoms with E-state index >= 15 is 0 Å². The number of unbranched alkanes of at least 4 members (excludes halogenated alkanes) is 1. The first kappa shape index (κ1) is 16.7. The van der Waals surface area contributed by atoms with Gasteiger partial charge in [0.05, 0.1) is 11.6 Å². The summed E-state index contributed by atoms with van der Waals surface area (Å²) in [7, 11) is 0. The Bertz CT molecular complexity index is 529. The Morgan fingerprint density at radius 1 is 1.04 bits per heavy atom. The summed E-state index contributed by atoms with van der Waals surface area (Å²) < 4.78 is 0. The van der Waals surface area contributed by atoms with Gasteiger partial charge in [-0.2, -0.15) is 0 Å². The number of nitrogens with zero attached hydrogens (tertiary/aromatic N) is 3. The molecular formula is C18H27N3OS. The smallest absolute Gasteiger partial charge is 0.233 e. The highest BCUT2D eigenvalue weighted by atomic mass is 32.2. The molecule has 5 heteroatoms. The first-order valence-corrected chi connectivity index (χ1v) is 9.78. The van der Waals surface area contributed by atoms with E-state index in [9.17, 15) is 4.79 Å². The van der Waals surface area contributed by atoms with Gasteiger partial charge in [0, 0.05) is 38.4 Å². The van der Waals surface area contributed by atoms with E-state index < -0.39 is 0 Å². The fourth-order valence-corrected chi connectivity index (χ4v) is 4.31. The number of carbonyl (C=O) groups is 1. The van der Waals surface area contributed by atoms with Crippen LogP contribution in [0, 0.1) is 6.92 Å². The number of hydrogen-bond acceptors (Lipinski definition) is 4. The zero-order valence-electron chi connectivity index (χ0n) is 14.0. The van der Waals surface area contributed by atoms with Crippen LogP contribution < -0.4 is 4.90 Å². The average molecular weight is 334 g/mol. The van der Waals surface area contributed by atoms with Crippen LogP contribution in [-0.2, 0) is 4.79 Å². The van der Waals surface area contributed by atoms with Crippen LogP contribution in [0.2, 0.25) is 0 Å². The van der Waals surface area contributed by atoms with E-state index in [2.05, 4.69) is 41.0 Å². The third-order valence-electron chi connectivity index (χ3n) is 4.81. The van der Waals surface area contributed by atoms with Crippen LogP contribution in [-0.4, -0.2) is 66.6 Å². The predicted octanol–water partition coefficient (Wildman–Crippen LogP) is 2.43. The van der Waals surface area contributed by atoms with Crippen molar-refractivity contribution in [2.24, 2.45) is 0 Å². The van der Waals surface area contributed by atoms with E-state index in [4.69, 9.17) is 0 Å². The number of carbonyl (C=O) groups excluding carboxylic acids is 1. The molecule has 0 spiro atoms. The first-order chi connectivity index (χ1) is 11.2. The molecule has 2 fully saturated rings. The van der Waals surface area contributed by atoms with E-state index in [0.29, 0.717) is 11.7 Å². The monoisotopic (exact) mass is 333 g/mol. The Balaban J connectivity index is 1.35. The molecule has 1 aromatic rings. The summed E-state index contributed by atoms with van der Waals surface area (Å²) in [5.74, 6) is 1.90. The lowest BCUT2D eigenvalue weighted by Crippen LogP contribution is -2.46. The number of hydrogen-bond donors (Lipinski definition) is 0. The van der Waals surface area contributed by atoms with Gasteiger partial charge in [-0.05, 0) is 37.9 Å². The van der Waals surface area contributed by atoms with Gasteiger partial charge in [0.15, 0.2) is 0 Å². The van der Waals surface area contributed by atoms with Gasteiger partial charge in [0.25, 0.3) is 0 Å². The molecule has 2 aliphatic heterocycles. The summed E-state index contributed by atoms with van der Waals surface area (Å²) in [6.45, 7) is 8.82. The van der Waals surface area contributed by atoms with Gasteiger partial charge in [-0.3, -0.25) is 9.69 Å². The number of para-hydroxylation sites is 1. The molecule has 0 N–H and O–H groups in total. The van der Waals surface area contributed by atoms with Crippen LogP contribution in [0.1, 0.15) is 18.4 Å². The maximum atomic E-state index is 11.6. The van der Waals surface area contributed by atoms with Gasteiger partial charge >= 0.3 is 0 Å². The third kappa shape index (κ3) is 4.42. The molecule has 1 amide bonds. The highest BCUT2D eigenvalue weighted by Crippen LogP contribution is 2.21. The minimum absolute atomic E-state index is 0.321. The molecule has 0 atom stereocenters. The van der Waals surface area contributed by atoms with Crippen LogP contribution in [0.3, 0.4) is 0 Å². The first-order valence-electron chi connectivity index (χ1n) is 8.62. The summed E-state index contributed by atoms with van der Waals surface area (Å²) in [6, 6.07) is 8.67. The standard InChI is InChI=1S/C18H27N3OS/c1-16-6-2-3-7-17(16)20-12-10-19(11-13-20)8-4-5-9-21-15-23-14-18(21)22/h2-3,6-7H,4-5,8-15H2,1H3. The molecule has 0 bridgehead atoms. The number of rotatable bonds is 6. The van der Waals surface area contributed by atoms with Gasteiger partial charge in [0.2, 0.25) is 5.91 Å². The Morgan fingerprint density at radius 2 is 1.78 bits per heavy atom. The molecule has 126 valence electrons. The summed E-state index contributed by atoms with van der Waals surface area (Å²) in [4.78, 5) is 18.6. The van der Waals surface area contributed by atoms with E-state index in [1.807, 2.05) is 4.90 Å². The second-order valence-corrected chi connectivity index (χ2v) is 7.41. The van der Waals surface area contributed by atoms with Gasteiger partial charge in [-0.1, -0.05) is 18.2 Å². The highest BCUT2D eigenvalue weighted by molar-refractivity contribution is 8.00. The molecule has 23 heavy (non-hydrogen) atoms. The number of anilines is 1. The van der Waals surface area contributed by atoms with Crippen molar-refractivity contribution < 1.29 is 4.79 Å². The molecule has 0 radical (unpaired) electrons. The van der Waals surface area contributed by atoms with Crippen molar-refractivity contribution in [2.75, 3.05) is 55.8 Å². The SMILES string of the molecule is Cc1ccccc1N1CCN(CCCCN2CSCC2=O)CC1. The summed E-state index contributed by atoms with van der Waals surface area (Å²) in [5, 5.41) is 0. The fourth-order valence-electron chi connectivity index (χ4n) is 3.36. The fraction of sp³-hybridized carbons (Fsp3) is 0.611. The third-order valence-corrected chi connectivity index (χ3v) is 5.75. The van der Waals surface area contributed by atoms with Crippen LogP contribution >= 0.6 is 11.8 Å². The van der Waals surface area contributed by atoms with Gasteiger partial charge in [0.1, 0.15) is 0 Å². The van der Waals surface area contributed by atoms with Crippen molar-refractivity contribution in [1.29, 1.82) is 0 Å². The quantitative estimate of drug-likeness (QED) is 0.747. The topological polar surface area (TPSA) is 26.8 Å². The Morgan fingerprint density at radius 3 is 2.48 bits per heavy atom. The lowest BCUT2D eigenvalue weighted by molar-refractivity contribution is -0.126. The number of benzene rings is 1. The molecule has 2 saturated heterocycles. The Kier molecular flexibility index (Phi) is 5.84. The lowest BCUT2D eigenvalue weighted by atomic mass is 10.1. The molecular weight excluding hydrogens is 306 g/mol. The Hall–Kier alpha value is -1.20. The van der Waals surface area contributed by atoms with E-state index in [0.717, 1.165) is 51.6 Å². The van der Waals surface area contributed by atoms with Crippen LogP contribution in [0.25, 0.3) is 0 Å². The van der Waals surface area contributed by atoms with Crippen LogP contribution in [0.4, 0.5) is 5.69 Å². The van der Waals surface area contributed by atoms with Crippen molar-refractivity contribution in [2.45, 2.75) is 19.8 Å². The summed E-state index contributed by atoms with van der Waals surface area (Å²) >= 11 is 1.74. The van der Waals surface area contributed by atoms with Crippen molar-refractivity contribution in [3.8, 4) is 0 Å². The van der Waals surface area contributed by atoms with Crippen LogP contribution in [0.15, 0.2) is 24.3 Å². The molecule has 1 aromatic carbocycles. The normalized spacial score (nSPS) is 19.6. The highest BCUT2D eigenvalue weighted by Gasteiger charge is 2.20. The molecule has 2 aliphatic rings. The van der Waals surface area contributed by atoms with Crippen molar-refractivity contribution in [3.63, 3.8) is 0 Å². The van der Waals surface area contributed by atoms with Gasteiger partial charge < -0.3 is 9.80 Å². The molecule has 0 aliphatic carbocycles. The van der Waals surface area contributed by atoms with E-state index in [-0.39, 0.29) is 0 Å². The molecule has 4 nitrogen and oxygen atoms in total. The largest absolute Gasteiger partial charge is 0.369 e. The zero-order valence-corrected chi connectivity index (χ0v) is 14.9. The number of aryl methyl sites for hydroxylation is 1. The zero-order chi connectivity index (χ0) is 16.1. The van der Waals surface area contributed by atoms with E-state index in [1.54, 1.807) is 11.8 Å². The average Bonchev–Trinajstić information content (AvgIpc) is 2.98. The lowest BCUT2D eigenvalue weighted by Gasteiger charge is -2.36. The van der Waals surface area contributed by atoms with Crippen LogP contribution in [0.5, 0.6) is 0 Å². The number of piperazine rings is 1. The molecule has 3 rings (SSSR count). The molecule has 2 heterocycles. The van der Waals surface area contributed by atoms with E-state index in [1.165, 1.54) is 17.7 Å². The molecule has 0 saturated carbocycles. The summed E-state index contributed by atoms with van der Waals surface area (Å²) in [6.07, 6.45) is 2.32. The Labute approximate surface area is 143 Å². The minimum Gasteiger partial charge on any atom is -0.369 e. The molecule has 0 aromatic heterocycles. The maximum absolute atomic E-state index is 11.6. The summed E-state index contributed by atoms with van der Waals surface area (Å²) in [5.41, 5.74) is 2.76. The van der Waals surface area contributed by atoms with Gasteiger partial charge in [-0.15, -0.1) is 11.8 Å². The molecule has 0 unspecified atom stereocenters. The second-order valence-electron chi connectivity index (χ2n) is 6.46. The van der Waals surface area contributed by atoms with Crippen molar-refractivity contribution in [3.05, 3.63) is 29.8 Å². The minimum atomic E-state index is 0.321. The van der Waals surface area contributed by atoms with Gasteiger partial charge in [-0.25, -0.2) is 0 Å². The number of thioether (sulfide) groups is 1. The maximum Gasteiger partial charge on any atom is 0.233 e. The van der Waals surface area contributed by atoms with Crippen molar-refractivity contribution >= 4 is 23.4 Å². The predicted molar refractivity (Wildman–Crippen MR) is 98.1 cm³/mol.